The number of aromatic nitrogens is 1. The van der Waals surface area contributed by atoms with Crippen LogP contribution in [0.15, 0.2) is 18.3 Å². The van der Waals surface area contributed by atoms with E-state index in [9.17, 15) is 4.79 Å². The number of nitrogens with one attached hydrogen (secondary N) is 1. The van der Waals surface area contributed by atoms with E-state index in [0.717, 1.165) is 30.8 Å². The number of anilines is 1. The predicted octanol–water partition coefficient (Wildman–Crippen LogP) is 4.90. The standard InChI is InChI=1S/C20H31N3O2/c1-20(2,3)25-19(24)23-14-8-12-17(23)16-11-7-13-21-18(16)22-15-9-5-4-6-10-15/h7,11,13,15,17H,4-6,8-10,12,14H2,1-3H3,(H,21,22)/t17-/m1/s1. The number of likely N-dealkylation sites (tertiary alicyclic amines) is 1. The Morgan fingerprint density at radius 1 is 1.20 bits per heavy atom. The fraction of sp³-hybridized carbons (Fsp3) is 0.700. The van der Waals surface area contributed by atoms with Gasteiger partial charge in [-0.25, -0.2) is 9.78 Å². The van der Waals surface area contributed by atoms with Crippen molar-refractivity contribution in [2.75, 3.05) is 11.9 Å². The van der Waals surface area contributed by atoms with Crippen LogP contribution >= 0.6 is 0 Å². The van der Waals surface area contributed by atoms with Crippen molar-refractivity contribution in [2.45, 2.75) is 83.4 Å². The summed E-state index contributed by atoms with van der Waals surface area (Å²) in [4.78, 5) is 19.1. The maximum atomic E-state index is 12.6. The monoisotopic (exact) mass is 345 g/mol. The number of hydrogen-bond donors (Lipinski definition) is 1. The van der Waals surface area contributed by atoms with Crippen molar-refractivity contribution >= 4 is 11.9 Å². The maximum absolute atomic E-state index is 12.6. The highest BCUT2D eigenvalue weighted by atomic mass is 16.6. The molecule has 0 aromatic carbocycles. The van der Waals surface area contributed by atoms with Crippen LogP contribution in [0, 0.1) is 0 Å². The van der Waals surface area contributed by atoms with E-state index in [1.807, 2.05) is 37.9 Å². The molecule has 5 heteroatoms. The summed E-state index contributed by atoms with van der Waals surface area (Å²) in [6, 6.07) is 4.62. The molecule has 5 nitrogen and oxygen atoms in total. The Balaban J connectivity index is 1.76. The second kappa shape index (κ2) is 7.63. The van der Waals surface area contributed by atoms with E-state index in [2.05, 4.69) is 16.4 Å². The van der Waals surface area contributed by atoms with Gasteiger partial charge in [0.05, 0.1) is 6.04 Å². The quantitative estimate of drug-likeness (QED) is 0.846. The minimum atomic E-state index is -0.470. The summed E-state index contributed by atoms with van der Waals surface area (Å²) in [6.45, 7) is 6.49. The van der Waals surface area contributed by atoms with E-state index in [4.69, 9.17) is 4.74 Å². The zero-order valence-electron chi connectivity index (χ0n) is 15.8. The largest absolute Gasteiger partial charge is 0.444 e. The average molecular weight is 345 g/mol. The first kappa shape index (κ1) is 18.0. The Morgan fingerprint density at radius 2 is 1.96 bits per heavy atom. The fourth-order valence-corrected chi connectivity index (χ4v) is 3.88. The molecule has 1 aromatic rings. The lowest BCUT2D eigenvalue weighted by atomic mass is 9.95. The second-order valence-electron chi connectivity index (χ2n) is 8.25. The molecule has 1 atom stereocenters. The average Bonchev–Trinajstić information content (AvgIpc) is 3.04. The van der Waals surface area contributed by atoms with Crippen LogP contribution < -0.4 is 5.32 Å². The lowest BCUT2D eigenvalue weighted by molar-refractivity contribution is 0.0225. The highest BCUT2D eigenvalue weighted by Crippen LogP contribution is 2.36. The predicted molar refractivity (Wildman–Crippen MR) is 99.6 cm³/mol. The molecular formula is C20H31N3O2. The highest BCUT2D eigenvalue weighted by molar-refractivity contribution is 5.70. The number of carbonyl (C=O) groups is 1. The van der Waals surface area contributed by atoms with E-state index in [1.54, 1.807) is 0 Å². The molecule has 1 saturated carbocycles. The SMILES string of the molecule is CC(C)(C)OC(=O)N1CCC[C@@H]1c1cccnc1NC1CCCCC1. The third-order valence-corrected chi connectivity index (χ3v) is 5.02. The summed E-state index contributed by atoms with van der Waals surface area (Å²) in [7, 11) is 0. The van der Waals surface area contributed by atoms with Crippen molar-refractivity contribution in [1.29, 1.82) is 0 Å². The van der Waals surface area contributed by atoms with Gasteiger partial charge in [0.15, 0.2) is 0 Å². The molecule has 2 aliphatic rings. The smallest absolute Gasteiger partial charge is 0.410 e. The molecule has 3 rings (SSSR count). The van der Waals surface area contributed by atoms with Crippen molar-refractivity contribution in [1.82, 2.24) is 9.88 Å². The lowest BCUT2D eigenvalue weighted by Crippen LogP contribution is -2.36. The molecule has 1 saturated heterocycles. The van der Waals surface area contributed by atoms with Gasteiger partial charge in [-0.3, -0.25) is 0 Å². The molecule has 138 valence electrons. The van der Waals surface area contributed by atoms with Gasteiger partial charge in [0, 0.05) is 24.3 Å². The van der Waals surface area contributed by atoms with Crippen molar-refractivity contribution < 1.29 is 9.53 Å². The molecule has 1 amide bonds. The van der Waals surface area contributed by atoms with Gasteiger partial charge in [0.25, 0.3) is 0 Å². The summed E-state index contributed by atoms with van der Waals surface area (Å²) in [5.41, 5.74) is 0.652. The molecule has 0 spiro atoms. The Kier molecular flexibility index (Phi) is 5.50. The summed E-state index contributed by atoms with van der Waals surface area (Å²) >= 11 is 0. The van der Waals surface area contributed by atoms with E-state index < -0.39 is 5.60 Å². The third-order valence-electron chi connectivity index (χ3n) is 5.02. The summed E-state index contributed by atoms with van der Waals surface area (Å²) in [6.07, 6.45) is 9.89. The number of pyridine rings is 1. The van der Waals surface area contributed by atoms with Crippen molar-refractivity contribution in [3.8, 4) is 0 Å². The molecule has 0 bridgehead atoms. The minimum absolute atomic E-state index is 0.0506. The third kappa shape index (κ3) is 4.65. The number of hydrogen-bond acceptors (Lipinski definition) is 4. The summed E-state index contributed by atoms with van der Waals surface area (Å²) < 4.78 is 5.61. The molecule has 1 N–H and O–H groups in total. The van der Waals surface area contributed by atoms with Crippen LogP contribution in [0.25, 0.3) is 0 Å². The summed E-state index contributed by atoms with van der Waals surface area (Å²) in [5, 5.41) is 3.64. The summed E-state index contributed by atoms with van der Waals surface area (Å²) in [5.74, 6) is 0.940. The van der Waals surface area contributed by atoms with Gasteiger partial charge in [0.1, 0.15) is 11.4 Å². The van der Waals surface area contributed by atoms with Crippen LogP contribution in [-0.4, -0.2) is 34.2 Å². The highest BCUT2D eigenvalue weighted by Gasteiger charge is 2.34. The fourth-order valence-electron chi connectivity index (χ4n) is 3.88. The first-order valence-electron chi connectivity index (χ1n) is 9.65. The van der Waals surface area contributed by atoms with Gasteiger partial charge in [0.2, 0.25) is 0 Å². The molecule has 0 unspecified atom stereocenters. The molecule has 1 aromatic heterocycles. The zero-order valence-corrected chi connectivity index (χ0v) is 15.8. The second-order valence-corrected chi connectivity index (χ2v) is 8.25. The van der Waals surface area contributed by atoms with Gasteiger partial charge in [-0.15, -0.1) is 0 Å². The molecule has 1 aliphatic carbocycles. The topological polar surface area (TPSA) is 54.5 Å². The van der Waals surface area contributed by atoms with E-state index in [1.165, 1.54) is 32.1 Å². The molecule has 0 radical (unpaired) electrons. The van der Waals surface area contributed by atoms with Crippen LogP contribution in [0.5, 0.6) is 0 Å². The number of nitrogens with zero attached hydrogens (tertiary/aromatic N) is 2. The Hall–Kier alpha value is -1.78. The first-order valence-corrected chi connectivity index (χ1v) is 9.65. The van der Waals surface area contributed by atoms with Gasteiger partial charge < -0.3 is 15.0 Å². The Bertz CT molecular complexity index is 591. The van der Waals surface area contributed by atoms with Crippen molar-refractivity contribution in [3.05, 3.63) is 23.9 Å². The van der Waals surface area contributed by atoms with Crippen LogP contribution in [0.4, 0.5) is 10.6 Å². The van der Waals surface area contributed by atoms with Crippen molar-refractivity contribution in [2.24, 2.45) is 0 Å². The number of carbonyl (C=O) groups excluding carboxylic acids is 1. The van der Waals surface area contributed by atoms with E-state index in [-0.39, 0.29) is 12.1 Å². The van der Waals surface area contributed by atoms with Gasteiger partial charge in [-0.05, 0) is 52.5 Å². The van der Waals surface area contributed by atoms with Gasteiger partial charge in [-0.1, -0.05) is 25.3 Å². The molecule has 2 fully saturated rings. The first-order chi connectivity index (χ1) is 11.9. The number of rotatable bonds is 3. The van der Waals surface area contributed by atoms with Crippen LogP contribution in [0.2, 0.25) is 0 Å². The molecule has 25 heavy (non-hydrogen) atoms. The number of ether oxygens (including phenoxy) is 1. The molecule has 2 heterocycles. The zero-order chi connectivity index (χ0) is 17.9. The van der Waals surface area contributed by atoms with Crippen LogP contribution in [0.3, 0.4) is 0 Å². The van der Waals surface area contributed by atoms with Crippen molar-refractivity contribution in [3.63, 3.8) is 0 Å². The molecule has 1 aliphatic heterocycles. The van der Waals surface area contributed by atoms with Crippen LogP contribution in [-0.2, 0) is 4.74 Å². The van der Waals surface area contributed by atoms with Crippen LogP contribution in [0.1, 0.15) is 77.3 Å². The Labute approximate surface area is 151 Å². The lowest BCUT2D eigenvalue weighted by Gasteiger charge is -2.30. The van der Waals surface area contributed by atoms with Gasteiger partial charge >= 0.3 is 6.09 Å². The van der Waals surface area contributed by atoms with E-state index >= 15 is 0 Å². The van der Waals surface area contributed by atoms with E-state index in [0.29, 0.717) is 6.04 Å². The normalized spacial score (nSPS) is 22.0. The minimum Gasteiger partial charge on any atom is -0.444 e. The molecular weight excluding hydrogens is 314 g/mol. The number of amides is 1. The Morgan fingerprint density at radius 3 is 2.68 bits per heavy atom. The van der Waals surface area contributed by atoms with Gasteiger partial charge in [-0.2, -0.15) is 0 Å². The maximum Gasteiger partial charge on any atom is 0.410 e.